The van der Waals surface area contributed by atoms with Crippen molar-refractivity contribution in [3.05, 3.63) is 35.5 Å². The molecule has 6 heteroatoms. The second kappa shape index (κ2) is 7.66. The molecule has 0 spiro atoms. The Labute approximate surface area is 142 Å². The Morgan fingerprint density at radius 3 is 2.71 bits per heavy atom. The first-order chi connectivity index (χ1) is 11.7. The van der Waals surface area contributed by atoms with Crippen molar-refractivity contribution in [2.45, 2.75) is 57.6 Å². The van der Waals surface area contributed by atoms with Crippen LogP contribution in [0.3, 0.4) is 0 Å². The molecule has 3 rings (SSSR count). The molecule has 6 nitrogen and oxygen atoms in total. The average Bonchev–Trinajstić information content (AvgIpc) is 3.11. The van der Waals surface area contributed by atoms with E-state index in [1.165, 1.54) is 0 Å². The Morgan fingerprint density at radius 1 is 1.29 bits per heavy atom. The molecule has 1 heterocycles. The summed E-state index contributed by atoms with van der Waals surface area (Å²) in [7, 11) is 1.62. The van der Waals surface area contributed by atoms with Gasteiger partial charge < -0.3 is 19.7 Å². The highest BCUT2D eigenvalue weighted by Gasteiger charge is 2.26. The minimum Gasteiger partial charge on any atom is -0.496 e. The number of aryl methyl sites for hydroxylation is 1. The normalized spacial score (nSPS) is 20.8. The first-order valence-electron chi connectivity index (χ1n) is 8.60. The van der Waals surface area contributed by atoms with Gasteiger partial charge >= 0.3 is 0 Å². The summed E-state index contributed by atoms with van der Waals surface area (Å²) in [4.78, 5) is 4.46. The van der Waals surface area contributed by atoms with E-state index in [-0.39, 0.29) is 6.61 Å². The Hall–Kier alpha value is -2.08. The lowest BCUT2D eigenvalue weighted by molar-refractivity contribution is 0.274. The van der Waals surface area contributed by atoms with E-state index in [1.54, 1.807) is 7.11 Å². The Kier molecular flexibility index (Phi) is 5.35. The average molecular weight is 331 g/mol. The molecular weight excluding hydrogens is 306 g/mol. The Balaban J connectivity index is 1.57. The van der Waals surface area contributed by atoms with Gasteiger partial charge in [0.15, 0.2) is 5.82 Å². The minimum atomic E-state index is -0.0254. The third kappa shape index (κ3) is 3.70. The highest BCUT2D eigenvalue weighted by Crippen LogP contribution is 2.33. The predicted octanol–water partition coefficient (Wildman–Crippen LogP) is 3.27. The smallest absolute Gasteiger partial charge is 0.229 e. The highest BCUT2D eigenvalue weighted by atomic mass is 16.5. The third-order valence-corrected chi connectivity index (χ3v) is 4.70. The molecule has 1 aliphatic rings. The van der Waals surface area contributed by atoms with Gasteiger partial charge in [-0.25, -0.2) is 0 Å². The number of aliphatic hydroxyl groups excluding tert-OH is 1. The molecule has 1 fully saturated rings. The van der Waals surface area contributed by atoms with Gasteiger partial charge in [-0.05, 0) is 43.9 Å². The summed E-state index contributed by atoms with van der Waals surface area (Å²) in [6.07, 6.45) is 5.03. The molecule has 0 amide bonds. The van der Waals surface area contributed by atoms with Crippen molar-refractivity contribution in [3.63, 3.8) is 0 Å². The number of ether oxygens (including phenoxy) is 1. The van der Waals surface area contributed by atoms with Gasteiger partial charge in [-0.2, -0.15) is 4.98 Å². The fourth-order valence-corrected chi connectivity index (χ4v) is 3.29. The van der Waals surface area contributed by atoms with E-state index in [1.807, 2.05) is 25.1 Å². The Bertz CT molecular complexity index is 663. The summed E-state index contributed by atoms with van der Waals surface area (Å²) in [5, 5.41) is 17.0. The molecule has 1 aliphatic carbocycles. The van der Waals surface area contributed by atoms with Gasteiger partial charge in [-0.3, -0.25) is 0 Å². The van der Waals surface area contributed by atoms with Crippen molar-refractivity contribution in [2.75, 3.05) is 12.4 Å². The topological polar surface area (TPSA) is 80.4 Å². The van der Waals surface area contributed by atoms with E-state index in [0.717, 1.165) is 60.8 Å². The second-order valence-electron chi connectivity index (χ2n) is 6.28. The second-order valence-corrected chi connectivity index (χ2v) is 6.28. The number of nitrogens with one attached hydrogen (secondary N) is 1. The zero-order valence-electron chi connectivity index (χ0n) is 14.3. The van der Waals surface area contributed by atoms with Crippen LogP contribution in [0.1, 0.15) is 55.8 Å². The van der Waals surface area contributed by atoms with Crippen molar-refractivity contribution in [3.8, 4) is 5.75 Å². The van der Waals surface area contributed by atoms with Crippen LogP contribution < -0.4 is 10.1 Å². The third-order valence-electron chi connectivity index (χ3n) is 4.70. The number of aliphatic hydroxyl groups is 1. The monoisotopic (exact) mass is 331 g/mol. The van der Waals surface area contributed by atoms with Crippen molar-refractivity contribution in [1.82, 2.24) is 10.1 Å². The number of benzene rings is 1. The first kappa shape index (κ1) is 16.8. The van der Waals surface area contributed by atoms with E-state index >= 15 is 0 Å². The zero-order chi connectivity index (χ0) is 16.9. The van der Waals surface area contributed by atoms with Crippen LogP contribution in [0.4, 0.5) is 5.69 Å². The maximum Gasteiger partial charge on any atom is 0.229 e. The van der Waals surface area contributed by atoms with Gasteiger partial charge in [0.25, 0.3) is 0 Å². The van der Waals surface area contributed by atoms with Crippen LogP contribution in [0, 0.1) is 0 Å². The summed E-state index contributed by atoms with van der Waals surface area (Å²) in [5.41, 5.74) is 1.82. The molecule has 1 aromatic carbocycles. The molecule has 2 aromatic rings. The van der Waals surface area contributed by atoms with Gasteiger partial charge in [0.1, 0.15) is 5.75 Å². The summed E-state index contributed by atoms with van der Waals surface area (Å²) in [5.74, 6) is 2.67. The summed E-state index contributed by atoms with van der Waals surface area (Å²) in [6, 6.07) is 6.27. The van der Waals surface area contributed by atoms with Crippen molar-refractivity contribution >= 4 is 5.69 Å². The molecule has 0 unspecified atom stereocenters. The Morgan fingerprint density at radius 2 is 2.08 bits per heavy atom. The zero-order valence-corrected chi connectivity index (χ0v) is 14.3. The molecule has 0 atom stereocenters. The van der Waals surface area contributed by atoms with E-state index in [0.29, 0.717) is 12.0 Å². The van der Waals surface area contributed by atoms with Gasteiger partial charge in [-0.1, -0.05) is 12.1 Å². The molecule has 0 radical (unpaired) electrons. The van der Waals surface area contributed by atoms with Crippen LogP contribution in [0.15, 0.2) is 22.7 Å². The molecule has 0 aliphatic heterocycles. The molecule has 1 saturated carbocycles. The maximum atomic E-state index is 9.43. The lowest BCUT2D eigenvalue weighted by Gasteiger charge is -2.28. The predicted molar refractivity (Wildman–Crippen MR) is 91.2 cm³/mol. The quantitative estimate of drug-likeness (QED) is 0.845. The number of anilines is 1. The van der Waals surface area contributed by atoms with Gasteiger partial charge in [0.05, 0.1) is 13.7 Å². The van der Waals surface area contributed by atoms with Crippen LogP contribution in [-0.4, -0.2) is 28.4 Å². The summed E-state index contributed by atoms with van der Waals surface area (Å²) >= 11 is 0. The lowest BCUT2D eigenvalue weighted by atomic mass is 9.86. The van der Waals surface area contributed by atoms with Gasteiger partial charge in [0, 0.05) is 29.6 Å². The van der Waals surface area contributed by atoms with Crippen LogP contribution in [0.2, 0.25) is 0 Å². The standard InChI is InChI=1S/C18H25N3O3/c1-3-17-20-18(24-21-17)12-4-6-14(7-5-12)19-15-8-9-16(23-2)13(10-15)11-22/h8-10,12,14,19,22H,3-7,11H2,1-2H3. The first-order valence-corrected chi connectivity index (χ1v) is 8.60. The number of nitrogens with zero attached hydrogens (tertiary/aromatic N) is 2. The molecule has 0 saturated heterocycles. The highest BCUT2D eigenvalue weighted by molar-refractivity contribution is 5.51. The number of rotatable bonds is 6. The number of hydrogen-bond acceptors (Lipinski definition) is 6. The van der Waals surface area contributed by atoms with Gasteiger partial charge in [-0.15, -0.1) is 0 Å². The maximum absolute atomic E-state index is 9.43. The van der Waals surface area contributed by atoms with Crippen molar-refractivity contribution in [2.24, 2.45) is 0 Å². The van der Waals surface area contributed by atoms with E-state index in [9.17, 15) is 5.11 Å². The van der Waals surface area contributed by atoms with Crippen LogP contribution >= 0.6 is 0 Å². The molecule has 2 N–H and O–H groups in total. The lowest BCUT2D eigenvalue weighted by Crippen LogP contribution is -2.25. The van der Waals surface area contributed by atoms with E-state index in [2.05, 4.69) is 15.5 Å². The fourth-order valence-electron chi connectivity index (χ4n) is 3.29. The largest absolute Gasteiger partial charge is 0.496 e. The van der Waals surface area contributed by atoms with Crippen molar-refractivity contribution < 1.29 is 14.4 Å². The number of methoxy groups -OCH3 is 1. The van der Waals surface area contributed by atoms with Crippen LogP contribution in [0.25, 0.3) is 0 Å². The van der Waals surface area contributed by atoms with Crippen LogP contribution in [-0.2, 0) is 13.0 Å². The van der Waals surface area contributed by atoms with Crippen LogP contribution in [0.5, 0.6) is 5.75 Å². The number of aromatic nitrogens is 2. The van der Waals surface area contributed by atoms with Crippen molar-refractivity contribution in [1.29, 1.82) is 0 Å². The summed E-state index contributed by atoms with van der Waals surface area (Å²) < 4.78 is 10.6. The molecule has 130 valence electrons. The van der Waals surface area contributed by atoms with E-state index < -0.39 is 0 Å². The summed E-state index contributed by atoms with van der Waals surface area (Å²) in [6.45, 7) is 2.01. The SMILES string of the molecule is CCc1noc(C2CCC(Nc3ccc(OC)c(CO)c3)CC2)n1. The fraction of sp³-hybridized carbons (Fsp3) is 0.556. The molecule has 0 bridgehead atoms. The minimum absolute atomic E-state index is 0.0254. The molecular formula is C18H25N3O3. The van der Waals surface area contributed by atoms with E-state index in [4.69, 9.17) is 9.26 Å². The molecule has 24 heavy (non-hydrogen) atoms. The van der Waals surface area contributed by atoms with Gasteiger partial charge in [0.2, 0.25) is 5.89 Å². The number of hydrogen-bond donors (Lipinski definition) is 2. The molecule has 1 aromatic heterocycles.